The molecule has 25 heavy (non-hydrogen) atoms. The third-order valence-corrected chi connectivity index (χ3v) is 4.45. The lowest BCUT2D eigenvalue weighted by atomic mass is 10.0. The zero-order valence-corrected chi connectivity index (χ0v) is 13.7. The fraction of sp³-hybridized carbons (Fsp3) is 0. The maximum absolute atomic E-state index is 11.9. The summed E-state index contributed by atoms with van der Waals surface area (Å²) < 4.78 is 11.9. The topological polar surface area (TPSA) is 157 Å². The summed E-state index contributed by atoms with van der Waals surface area (Å²) >= 11 is 0. The molecule has 0 spiro atoms. The van der Waals surface area contributed by atoms with E-state index in [0.717, 1.165) is 10.9 Å². The molecule has 3 aromatic rings. The summed E-state index contributed by atoms with van der Waals surface area (Å²) in [5.74, 6) is 4.80. The summed E-state index contributed by atoms with van der Waals surface area (Å²) in [4.78, 5) is 3.47. The third-order valence-electron chi connectivity index (χ3n) is 3.68. The fourth-order valence-corrected chi connectivity index (χ4v) is 3.24. The average molecular weight is 351 g/mol. The number of nitrogens with one attached hydrogen (secondary N) is 2. The van der Waals surface area contributed by atoms with Gasteiger partial charge in [0.2, 0.25) is 0 Å². The molecular weight excluding hydrogens is 338 g/mol. The smallest absolute Gasteiger partial charge is 0.178 e. The maximum Gasteiger partial charge on any atom is 0.178 e. The van der Waals surface area contributed by atoms with Gasteiger partial charge >= 0.3 is 0 Å². The summed E-state index contributed by atoms with van der Waals surface area (Å²) in [7, 11) is -1.81. The summed E-state index contributed by atoms with van der Waals surface area (Å²) in [6.07, 6.45) is 0. The number of nitrogens with two attached hydrogens (primary N) is 2. The minimum atomic E-state index is -1.81. The molecule has 124 valence electrons. The largest absolute Gasteiger partial charge is 0.355 e. The molecule has 9 heteroatoms. The lowest BCUT2D eigenvalue weighted by molar-refractivity contribution is 0.684. The average Bonchev–Trinajstić information content (AvgIpc) is 3.04. The van der Waals surface area contributed by atoms with Crippen molar-refractivity contribution in [1.29, 1.82) is 10.7 Å². The van der Waals surface area contributed by atoms with Crippen LogP contribution < -0.4 is 11.0 Å². The van der Waals surface area contributed by atoms with E-state index >= 15 is 0 Å². The standard InChI is InChI=1S/C16H13N7OS/c17-8-9-4-5-12-10(6-9)7-13(21-12)11-2-1-3-14(25(20)24)15(11)16(18)22-23-19/h1-7,21H,20H2,(H3,18,19,22). The van der Waals surface area contributed by atoms with Crippen molar-refractivity contribution in [3.05, 3.63) is 53.6 Å². The first-order chi connectivity index (χ1) is 12.0. The molecule has 0 radical (unpaired) electrons. The molecule has 1 aromatic heterocycles. The van der Waals surface area contributed by atoms with Crippen LogP contribution in [0.5, 0.6) is 0 Å². The molecule has 1 heterocycles. The lowest BCUT2D eigenvalue weighted by Crippen LogP contribution is -2.11. The molecule has 1 unspecified atom stereocenters. The highest BCUT2D eigenvalue weighted by molar-refractivity contribution is 7.82. The number of H-pyrrole nitrogens is 1. The second-order valence-electron chi connectivity index (χ2n) is 5.14. The number of hydrogen-bond donors (Lipinski definition) is 4. The quantitative estimate of drug-likeness (QED) is 0.188. The van der Waals surface area contributed by atoms with Crippen LogP contribution in [0, 0.1) is 16.7 Å². The second kappa shape index (κ2) is 6.64. The summed E-state index contributed by atoms with van der Waals surface area (Å²) in [5.41, 5.74) is 2.91. The monoisotopic (exact) mass is 351 g/mol. The molecule has 0 fully saturated rings. The predicted molar refractivity (Wildman–Crippen MR) is 94.9 cm³/mol. The highest BCUT2D eigenvalue weighted by atomic mass is 32.2. The van der Waals surface area contributed by atoms with Crippen LogP contribution >= 0.6 is 0 Å². The van der Waals surface area contributed by atoms with Crippen molar-refractivity contribution < 1.29 is 4.21 Å². The SMILES string of the molecule is N#Cc1ccc2[nH]c(-c3cccc(S(N)=O)c3C(=N)N=NN)cc2c1. The Labute approximate surface area is 145 Å². The van der Waals surface area contributed by atoms with Crippen LogP contribution in [-0.2, 0) is 11.0 Å². The number of benzene rings is 2. The van der Waals surface area contributed by atoms with Crippen LogP contribution in [0.4, 0.5) is 0 Å². The molecule has 0 saturated carbocycles. The number of amidine groups is 1. The molecule has 0 aliphatic carbocycles. The van der Waals surface area contributed by atoms with E-state index in [0.29, 0.717) is 16.8 Å². The molecule has 0 aliphatic heterocycles. The first-order valence-corrected chi connectivity index (χ1v) is 8.28. The Bertz CT molecular complexity index is 1080. The minimum Gasteiger partial charge on any atom is -0.355 e. The molecular formula is C16H13N7OS. The highest BCUT2D eigenvalue weighted by Gasteiger charge is 2.18. The van der Waals surface area contributed by atoms with E-state index in [1.165, 1.54) is 0 Å². The van der Waals surface area contributed by atoms with Crippen molar-refractivity contribution in [2.75, 3.05) is 0 Å². The van der Waals surface area contributed by atoms with Crippen molar-refractivity contribution in [2.45, 2.75) is 4.90 Å². The van der Waals surface area contributed by atoms with Crippen molar-refractivity contribution in [3.8, 4) is 17.3 Å². The van der Waals surface area contributed by atoms with Crippen LogP contribution in [0.25, 0.3) is 22.2 Å². The number of rotatable bonds is 3. The normalized spacial score (nSPS) is 12.3. The van der Waals surface area contributed by atoms with Gasteiger partial charge in [0, 0.05) is 27.7 Å². The van der Waals surface area contributed by atoms with E-state index in [1.807, 2.05) is 6.07 Å². The van der Waals surface area contributed by atoms with Gasteiger partial charge in [-0.1, -0.05) is 17.4 Å². The third kappa shape index (κ3) is 3.03. The van der Waals surface area contributed by atoms with Crippen molar-refractivity contribution in [2.24, 2.45) is 21.3 Å². The van der Waals surface area contributed by atoms with Gasteiger partial charge in [0.1, 0.15) is 11.0 Å². The van der Waals surface area contributed by atoms with E-state index in [4.69, 9.17) is 21.7 Å². The van der Waals surface area contributed by atoms with Gasteiger partial charge in [0.25, 0.3) is 0 Å². The van der Waals surface area contributed by atoms with E-state index in [9.17, 15) is 4.21 Å². The van der Waals surface area contributed by atoms with Crippen molar-refractivity contribution in [3.63, 3.8) is 0 Å². The number of nitrogens with zero attached hydrogens (tertiary/aromatic N) is 3. The first kappa shape index (κ1) is 16.5. The Hall–Kier alpha value is -3.35. The van der Waals surface area contributed by atoms with Crippen molar-refractivity contribution >= 4 is 27.7 Å². The van der Waals surface area contributed by atoms with E-state index in [1.54, 1.807) is 36.4 Å². The molecule has 6 N–H and O–H groups in total. The van der Waals surface area contributed by atoms with Crippen LogP contribution in [0.2, 0.25) is 0 Å². The number of aromatic nitrogens is 1. The zero-order valence-electron chi connectivity index (χ0n) is 12.9. The molecule has 0 bridgehead atoms. The summed E-state index contributed by atoms with van der Waals surface area (Å²) in [6, 6.07) is 14.2. The van der Waals surface area contributed by atoms with E-state index < -0.39 is 11.0 Å². The van der Waals surface area contributed by atoms with Gasteiger partial charge in [-0.3, -0.25) is 5.41 Å². The molecule has 8 nitrogen and oxygen atoms in total. The second-order valence-corrected chi connectivity index (χ2v) is 6.17. The van der Waals surface area contributed by atoms with Crippen LogP contribution in [0.1, 0.15) is 11.1 Å². The number of fused-ring (bicyclic) bond motifs is 1. The maximum atomic E-state index is 11.9. The first-order valence-electron chi connectivity index (χ1n) is 7.07. The Balaban J connectivity index is 2.26. The molecule has 2 aromatic carbocycles. The predicted octanol–water partition coefficient (Wildman–Crippen LogP) is 2.34. The Morgan fingerprint density at radius 3 is 2.76 bits per heavy atom. The Morgan fingerprint density at radius 2 is 2.08 bits per heavy atom. The van der Waals surface area contributed by atoms with Crippen LogP contribution in [-0.4, -0.2) is 15.0 Å². The molecule has 1 atom stereocenters. The van der Waals surface area contributed by atoms with Crippen LogP contribution in [0.15, 0.2) is 57.7 Å². The molecule has 0 amide bonds. The highest BCUT2D eigenvalue weighted by Crippen LogP contribution is 2.30. The molecule has 0 aliphatic rings. The summed E-state index contributed by atoms with van der Waals surface area (Å²) in [5, 5.41) is 30.1. The summed E-state index contributed by atoms with van der Waals surface area (Å²) in [6.45, 7) is 0. The van der Waals surface area contributed by atoms with Gasteiger partial charge < -0.3 is 10.8 Å². The van der Waals surface area contributed by atoms with Gasteiger partial charge in [0.15, 0.2) is 5.84 Å². The number of nitriles is 1. The van der Waals surface area contributed by atoms with Gasteiger partial charge in [-0.15, -0.1) is 5.11 Å². The van der Waals surface area contributed by atoms with Gasteiger partial charge in [-0.25, -0.2) is 9.35 Å². The molecule has 3 rings (SSSR count). The number of aromatic amines is 1. The number of hydrogen-bond acceptors (Lipinski definition) is 4. The Morgan fingerprint density at radius 1 is 1.28 bits per heavy atom. The van der Waals surface area contributed by atoms with Crippen molar-refractivity contribution in [1.82, 2.24) is 4.98 Å². The van der Waals surface area contributed by atoms with Gasteiger partial charge in [0.05, 0.1) is 16.5 Å². The zero-order chi connectivity index (χ0) is 18.0. The van der Waals surface area contributed by atoms with E-state index in [-0.39, 0.29) is 16.3 Å². The lowest BCUT2D eigenvalue weighted by Gasteiger charge is -2.10. The van der Waals surface area contributed by atoms with Gasteiger partial charge in [-0.2, -0.15) is 5.26 Å². The van der Waals surface area contributed by atoms with Crippen LogP contribution in [0.3, 0.4) is 0 Å². The fourth-order valence-electron chi connectivity index (χ4n) is 2.62. The molecule has 0 saturated heterocycles. The van der Waals surface area contributed by atoms with E-state index in [2.05, 4.69) is 21.4 Å². The Kier molecular flexibility index (Phi) is 4.38. The van der Waals surface area contributed by atoms with Gasteiger partial charge in [-0.05, 0) is 30.3 Å². The minimum absolute atomic E-state index is 0.247.